The molecule has 1 aromatic heterocycles. The summed E-state index contributed by atoms with van der Waals surface area (Å²) in [7, 11) is 1.80. The fraction of sp³-hybridized carbons (Fsp3) is 0.238. The second kappa shape index (κ2) is 13.3. The number of guanidine groups is 1. The topological polar surface area (TPSA) is 49.3 Å². The third-order valence-corrected chi connectivity index (χ3v) is 4.96. The number of thioether (sulfide) groups is 1. The van der Waals surface area contributed by atoms with Gasteiger partial charge >= 0.3 is 0 Å². The van der Waals surface area contributed by atoms with Gasteiger partial charge in [-0.25, -0.2) is 0 Å². The molecule has 2 aromatic carbocycles. The highest BCUT2D eigenvalue weighted by molar-refractivity contribution is 7.98. The fourth-order valence-electron chi connectivity index (χ4n) is 2.61. The van der Waals surface area contributed by atoms with Gasteiger partial charge in [0.25, 0.3) is 0 Å². The van der Waals surface area contributed by atoms with Crippen molar-refractivity contribution in [3.05, 3.63) is 78.0 Å². The molecule has 2 N–H and O–H groups in total. The molecular weight excluding hydrogens is 411 g/mol. The second-order valence-corrected chi connectivity index (χ2v) is 6.99. The number of hydrogen-bond donors (Lipinski definition) is 2. The van der Waals surface area contributed by atoms with Crippen LogP contribution in [0.1, 0.15) is 11.3 Å². The first-order valence-electron chi connectivity index (χ1n) is 8.76. The summed E-state index contributed by atoms with van der Waals surface area (Å²) in [6, 6.07) is 22.8. The molecule has 7 heteroatoms. The highest BCUT2D eigenvalue weighted by Gasteiger charge is 2.00. The molecule has 0 spiro atoms. The fourth-order valence-corrected chi connectivity index (χ4v) is 3.37. The Morgan fingerprint density at radius 3 is 2.46 bits per heavy atom. The lowest BCUT2D eigenvalue weighted by molar-refractivity contribution is 0.832. The number of rotatable bonds is 7. The van der Waals surface area contributed by atoms with Crippen LogP contribution in [0.5, 0.6) is 0 Å². The lowest BCUT2D eigenvalue weighted by Crippen LogP contribution is -2.37. The van der Waals surface area contributed by atoms with Gasteiger partial charge < -0.3 is 10.6 Å². The van der Waals surface area contributed by atoms with E-state index in [1.165, 1.54) is 10.9 Å². The predicted molar refractivity (Wildman–Crippen MR) is 127 cm³/mol. The largest absolute Gasteiger partial charge is 0.356 e. The van der Waals surface area contributed by atoms with E-state index in [0.717, 1.165) is 41.8 Å². The zero-order valence-corrected chi connectivity index (χ0v) is 18.2. The Bertz CT molecular complexity index is 859. The summed E-state index contributed by atoms with van der Waals surface area (Å²) >= 11 is 1.87. The van der Waals surface area contributed by atoms with Crippen molar-refractivity contribution < 1.29 is 0 Å². The van der Waals surface area contributed by atoms with Crippen LogP contribution in [0.2, 0.25) is 0 Å². The van der Waals surface area contributed by atoms with E-state index < -0.39 is 0 Å². The molecule has 0 aliphatic carbocycles. The zero-order chi connectivity index (χ0) is 18.0. The number of halogens is 2. The molecule has 28 heavy (non-hydrogen) atoms. The molecule has 1 heterocycles. The van der Waals surface area contributed by atoms with Crippen molar-refractivity contribution in [2.24, 2.45) is 4.99 Å². The van der Waals surface area contributed by atoms with Gasteiger partial charge in [0.05, 0.1) is 11.2 Å². The number of para-hydroxylation sites is 1. The van der Waals surface area contributed by atoms with Gasteiger partial charge in [-0.1, -0.05) is 54.6 Å². The zero-order valence-electron chi connectivity index (χ0n) is 15.8. The van der Waals surface area contributed by atoms with Crippen LogP contribution in [0.4, 0.5) is 0 Å². The van der Waals surface area contributed by atoms with Crippen LogP contribution in [0.15, 0.2) is 71.7 Å². The Kier molecular flexibility index (Phi) is 11.4. The molecule has 0 fully saturated rings. The molecule has 0 saturated heterocycles. The van der Waals surface area contributed by atoms with Gasteiger partial charge in [0.2, 0.25) is 0 Å². The minimum absolute atomic E-state index is 0. The summed E-state index contributed by atoms with van der Waals surface area (Å²) < 4.78 is 0. The van der Waals surface area contributed by atoms with Crippen LogP contribution in [-0.4, -0.2) is 30.3 Å². The molecule has 0 unspecified atom stereocenters. The normalized spacial score (nSPS) is 10.7. The van der Waals surface area contributed by atoms with Crippen molar-refractivity contribution in [1.82, 2.24) is 15.6 Å². The van der Waals surface area contributed by atoms with E-state index in [0.29, 0.717) is 0 Å². The summed E-state index contributed by atoms with van der Waals surface area (Å²) in [6.45, 7) is 1.64. The van der Waals surface area contributed by atoms with Crippen LogP contribution in [0, 0.1) is 0 Å². The number of fused-ring (bicyclic) bond motifs is 1. The number of aliphatic imine (C=N–C) groups is 1. The first-order valence-corrected chi connectivity index (χ1v) is 9.91. The van der Waals surface area contributed by atoms with E-state index in [1.807, 2.05) is 42.1 Å². The minimum Gasteiger partial charge on any atom is -0.356 e. The van der Waals surface area contributed by atoms with E-state index in [1.54, 1.807) is 7.05 Å². The first kappa shape index (κ1) is 24.1. The van der Waals surface area contributed by atoms with Crippen LogP contribution >= 0.6 is 36.6 Å². The lowest BCUT2D eigenvalue weighted by atomic mass is 10.2. The van der Waals surface area contributed by atoms with Crippen LogP contribution in [-0.2, 0) is 12.3 Å². The molecule has 0 bridgehead atoms. The summed E-state index contributed by atoms with van der Waals surface area (Å²) in [5.41, 5.74) is 3.43. The summed E-state index contributed by atoms with van der Waals surface area (Å²) in [5.74, 6) is 2.75. The smallest absolute Gasteiger partial charge is 0.191 e. The molecule has 0 amide bonds. The van der Waals surface area contributed by atoms with Crippen molar-refractivity contribution in [2.75, 3.05) is 19.3 Å². The molecule has 0 saturated carbocycles. The van der Waals surface area contributed by atoms with Gasteiger partial charge in [0.15, 0.2) is 5.96 Å². The van der Waals surface area contributed by atoms with Crippen LogP contribution in [0.3, 0.4) is 0 Å². The average Bonchev–Trinajstić information content (AvgIpc) is 2.70. The van der Waals surface area contributed by atoms with E-state index in [2.05, 4.69) is 52.0 Å². The summed E-state index contributed by atoms with van der Waals surface area (Å²) in [6.07, 6.45) is 0. The van der Waals surface area contributed by atoms with Gasteiger partial charge in [-0.2, -0.15) is 11.8 Å². The van der Waals surface area contributed by atoms with Gasteiger partial charge in [-0.3, -0.25) is 9.98 Å². The maximum atomic E-state index is 4.71. The first-order chi connectivity index (χ1) is 12.8. The minimum atomic E-state index is 0. The monoisotopic (exact) mass is 436 g/mol. The third kappa shape index (κ3) is 7.58. The Labute approximate surface area is 183 Å². The molecule has 4 nitrogen and oxygen atoms in total. The van der Waals surface area contributed by atoms with E-state index in [4.69, 9.17) is 4.98 Å². The number of nitrogens with zero attached hydrogens (tertiary/aromatic N) is 2. The maximum Gasteiger partial charge on any atom is 0.191 e. The average molecular weight is 437 g/mol. The Hall–Kier alpha value is -1.95. The number of aromatic nitrogens is 1. The number of nitrogens with one attached hydrogen (secondary N) is 2. The molecule has 0 aliphatic rings. The number of hydrogen-bond acceptors (Lipinski definition) is 3. The van der Waals surface area contributed by atoms with Gasteiger partial charge in [0, 0.05) is 37.0 Å². The van der Waals surface area contributed by atoms with Gasteiger partial charge in [-0.05, 0) is 17.7 Å². The Morgan fingerprint density at radius 2 is 1.68 bits per heavy atom. The van der Waals surface area contributed by atoms with Gasteiger partial charge in [0.1, 0.15) is 0 Å². The quantitative estimate of drug-likeness (QED) is 0.320. The van der Waals surface area contributed by atoms with E-state index in [9.17, 15) is 0 Å². The van der Waals surface area contributed by atoms with Crippen molar-refractivity contribution >= 4 is 53.4 Å². The van der Waals surface area contributed by atoms with Crippen molar-refractivity contribution in [3.63, 3.8) is 0 Å². The van der Waals surface area contributed by atoms with E-state index >= 15 is 0 Å². The number of pyridine rings is 1. The lowest BCUT2D eigenvalue weighted by Gasteiger charge is -2.11. The summed E-state index contributed by atoms with van der Waals surface area (Å²) in [4.78, 5) is 8.98. The van der Waals surface area contributed by atoms with Gasteiger partial charge in [-0.15, -0.1) is 24.8 Å². The van der Waals surface area contributed by atoms with Crippen molar-refractivity contribution in [2.45, 2.75) is 12.3 Å². The Morgan fingerprint density at radius 1 is 0.929 bits per heavy atom. The molecule has 0 radical (unpaired) electrons. The standard InChI is InChI=1S/C21H24N4S.2ClH/c1-22-21(24-15-17-7-3-2-4-8-17)23-13-14-26-16-19-12-11-18-9-5-6-10-20(18)25-19;;/h2-12H,13-16H2,1H3,(H2,22,23,24);2*1H. The molecule has 0 atom stereocenters. The molecule has 150 valence electrons. The number of benzene rings is 2. The maximum absolute atomic E-state index is 4.71. The van der Waals surface area contributed by atoms with Crippen molar-refractivity contribution in [3.8, 4) is 0 Å². The highest BCUT2D eigenvalue weighted by atomic mass is 35.5. The predicted octanol–water partition coefficient (Wildman–Crippen LogP) is 4.68. The van der Waals surface area contributed by atoms with E-state index in [-0.39, 0.29) is 24.8 Å². The highest BCUT2D eigenvalue weighted by Crippen LogP contribution is 2.15. The molecule has 3 rings (SSSR count). The summed E-state index contributed by atoms with van der Waals surface area (Å²) in [5, 5.41) is 7.88. The van der Waals surface area contributed by atoms with Crippen LogP contribution < -0.4 is 10.6 Å². The molecule has 0 aliphatic heterocycles. The SMILES string of the molecule is CN=C(NCCSCc1ccc2ccccc2n1)NCc1ccccc1.Cl.Cl. The van der Waals surface area contributed by atoms with Crippen molar-refractivity contribution in [1.29, 1.82) is 0 Å². The molecular formula is C21H26Cl2N4S. The second-order valence-electron chi connectivity index (χ2n) is 5.89. The third-order valence-electron chi connectivity index (χ3n) is 3.97. The molecule has 3 aromatic rings. The Balaban J connectivity index is 0.00000196. The van der Waals surface area contributed by atoms with Crippen LogP contribution in [0.25, 0.3) is 10.9 Å².